The summed E-state index contributed by atoms with van der Waals surface area (Å²) < 4.78 is 1.46. The van der Waals surface area contributed by atoms with Crippen LogP contribution in [-0.2, 0) is 0 Å². The average Bonchev–Trinajstić information content (AvgIpc) is 3.09. The molecule has 0 aliphatic rings. The molecule has 292 valence electrons. The van der Waals surface area contributed by atoms with Gasteiger partial charge in [0.25, 0.3) is 0 Å². The van der Waals surface area contributed by atoms with Crippen LogP contribution in [0.1, 0.15) is 272 Å². The van der Waals surface area contributed by atoms with Crippen LogP contribution in [0.15, 0.2) is 0 Å². The molecule has 0 heterocycles. The van der Waals surface area contributed by atoms with Gasteiger partial charge in [-0.25, -0.2) is 0 Å². The maximum Gasteiger partial charge on any atom is 0.0786 e. The maximum absolute atomic E-state index is 2.40. The molecule has 0 bridgehead atoms. The first-order valence-corrected chi connectivity index (χ1v) is 23.1. The van der Waals surface area contributed by atoms with Crippen molar-refractivity contribution in [1.29, 1.82) is 0 Å². The second-order valence-corrected chi connectivity index (χ2v) is 16.3. The summed E-state index contributed by atoms with van der Waals surface area (Å²) in [5.74, 6) is 0. The Bertz CT molecular complexity index is 500. The molecule has 1 nitrogen and oxygen atoms in total. The van der Waals surface area contributed by atoms with Gasteiger partial charge in [0.05, 0.1) is 26.2 Å². The Hall–Kier alpha value is 0.250. The van der Waals surface area contributed by atoms with E-state index < -0.39 is 0 Å². The number of unbranched alkanes of at least 4 members (excludes halogenated alkanes) is 34. The lowest BCUT2D eigenvalue weighted by molar-refractivity contribution is -0.929. The molecule has 0 saturated heterocycles. The van der Waals surface area contributed by atoms with E-state index in [0.29, 0.717) is 0 Å². The minimum Gasteiger partial charge on any atom is -1.00 e. The van der Waals surface area contributed by atoms with Gasteiger partial charge in [0.1, 0.15) is 0 Å². The van der Waals surface area contributed by atoms with E-state index in [9.17, 15) is 0 Å². The van der Waals surface area contributed by atoms with Crippen LogP contribution in [0, 0.1) is 0 Å². The highest BCUT2D eigenvalue weighted by molar-refractivity contribution is 4.55. The van der Waals surface area contributed by atoms with E-state index in [1.165, 1.54) is 275 Å². The van der Waals surface area contributed by atoms with Crippen molar-refractivity contribution in [3.8, 4) is 0 Å². The first kappa shape index (κ1) is 50.4. The molecule has 0 aliphatic carbocycles. The smallest absolute Gasteiger partial charge is 0.0786 e. The predicted molar refractivity (Wildman–Crippen MR) is 218 cm³/mol. The lowest BCUT2D eigenvalue weighted by Gasteiger charge is -2.39. The molecule has 0 amide bonds. The zero-order valence-corrected chi connectivity index (χ0v) is 35.3. The second kappa shape index (κ2) is 43.4. The Labute approximate surface area is 313 Å². The number of halogens is 1. The van der Waals surface area contributed by atoms with Gasteiger partial charge in [-0.05, 0) is 38.5 Å². The van der Waals surface area contributed by atoms with Crippen LogP contribution in [0.25, 0.3) is 0 Å². The molecule has 0 aromatic heterocycles. The molecule has 0 fully saturated rings. The largest absolute Gasteiger partial charge is 1.00 e. The van der Waals surface area contributed by atoms with E-state index in [1.54, 1.807) is 0 Å². The summed E-state index contributed by atoms with van der Waals surface area (Å²) in [4.78, 5) is 0. The number of hydrogen-bond acceptors (Lipinski definition) is 0. The van der Waals surface area contributed by atoms with Crippen molar-refractivity contribution in [3.05, 3.63) is 0 Å². The second-order valence-electron chi connectivity index (χ2n) is 16.3. The lowest BCUT2D eigenvalue weighted by atomic mass is 10.0. The number of hydrogen-bond donors (Lipinski definition) is 0. The standard InChI is InChI=1S/C46H96N.ClH/c1-5-9-13-15-17-19-21-23-25-27-29-31-33-35-37-39-41-45-47(43-11-7-3,44-12-8-4)46-42-40-38-36-34-32-30-28-26-24-22-20-18-16-14-10-6-2;/h5-46H2,1-4H3;1H/q+1;/p-1. The van der Waals surface area contributed by atoms with Crippen LogP contribution >= 0.6 is 0 Å². The van der Waals surface area contributed by atoms with Crippen LogP contribution in [0.3, 0.4) is 0 Å². The summed E-state index contributed by atoms with van der Waals surface area (Å²) in [6.07, 6.45) is 55.8. The molecule has 0 rings (SSSR count). The van der Waals surface area contributed by atoms with E-state index in [4.69, 9.17) is 0 Å². The zero-order valence-electron chi connectivity index (χ0n) is 34.5. The molecule has 0 aliphatic heterocycles. The Morgan fingerprint density at radius 1 is 0.188 bits per heavy atom. The molecule has 0 spiro atoms. The van der Waals surface area contributed by atoms with Gasteiger partial charge in [0, 0.05) is 0 Å². The van der Waals surface area contributed by atoms with E-state index in [2.05, 4.69) is 27.7 Å². The normalized spacial score (nSPS) is 11.8. The maximum atomic E-state index is 2.40. The van der Waals surface area contributed by atoms with Gasteiger partial charge in [-0.2, -0.15) is 0 Å². The van der Waals surface area contributed by atoms with Crippen molar-refractivity contribution >= 4 is 0 Å². The Morgan fingerprint density at radius 2 is 0.333 bits per heavy atom. The van der Waals surface area contributed by atoms with Crippen LogP contribution in [-0.4, -0.2) is 30.7 Å². The van der Waals surface area contributed by atoms with Crippen molar-refractivity contribution in [2.75, 3.05) is 26.2 Å². The molecular formula is C46H96ClN. The van der Waals surface area contributed by atoms with Gasteiger partial charge in [0.2, 0.25) is 0 Å². The average molecular weight is 699 g/mol. The van der Waals surface area contributed by atoms with Gasteiger partial charge in [-0.1, -0.05) is 233 Å². The molecule has 0 unspecified atom stereocenters. The van der Waals surface area contributed by atoms with Gasteiger partial charge in [0.15, 0.2) is 0 Å². The van der Waals surface area contributed by atoms with Crippen molar-refractivity contribution in [1.82, 2.24) is 0 Å². The highest BCUT2D eigenvalue weighted by Crippen LogP contribution is 2.20. The monoisotopic (exact) mass is 698 g/mol. The Kier molecular flexibility index (Phi) is 45.5. The first-order valence-electron chi connectivity index (χ1n) is 23.1. The first-order chi connectivity index (χ1) is 23.2. The summed E-state index contributed by atoms with van der Waals surface area (Å²) in [6.45, 7) is 15.3. The molecule has 2 heteroatoms. The van der Waals surface area contributed by atoms with Crippen LogP contribution in [0.2, 0.25) is 0 Å². The van der Waals surface area contributed by atoms with E-state index in [1.807, 2.05) is 0 Å². The minimum atomic E-state index is 0. The molecule has 0 aromatic carbocycles. The van der Waals surface area contributed by atoms with Crippen molar-refractivity contribution in [3.63, 3.8) is 0 Å². The molecular weight excluding hydrogens is 602 g/mol. The Morgan fingerprint density at radius 3 is 0.521 bits per heavy atom. The van der Waals surface area contributed by atoms with Gasteiger partial charge in [-0.15, -0.1) is 0 Å². The third kappa shape index (κ3) is 37.5. The fraction of sp³-hybridized carbons (Fsp3) is 1.00. The summed E-state index contributed by atoms with van der Waals surface area (Å²) in [6, 6.07) is 0. The third-order valence-electron chi connectivity index (χ3n) is 11.4. The van der Waals surface area contributed by atoms with Crippen molar-refractivity contribution in [2.45, 2.75) is 272 Å². The highest BCUT2D eigenvalue weighted by Gasteiger charge is 2.25. The predicted octanol–water partition coefficient (Wildman–Crippen LogP) is 13.7. The van der Waals surface area contributed by atoms with E-state index in [0.717, 1.165) is 0 Å². The van der Waals surface area contributed by atoms with E-state index >= 15 is 0 Å². The molecule has 0 aromatic rings. The molecule has 0 N–H and O–H groups in total. The van der Waals surface area contributed by atoms with Crippen LogP contribution < -0.4 is 12.4 Å². The summed E-state index contributed by atoms with van der Waals surface area (Å²) in [5, 5.41) is 0. The fourth-order valence-electron chi connectivity index (χ4n) is 8.00. The van der Waals surface area contributed by atoms with Gasteiger partial charge >= 0.3 is 0 Å². The SMILES string of the molecule is CCCCCCCCCCCCCCCCCCC[N+](CCCC)(CCCC)CCCCCCCCCCCCCCCCCCC.[Cl-]. The summed E-state index contributed by atoms with van der Waals surface area (Å²) >= 11 is 0. The van der Waals surface area contributed by atoms with Gasteiger partial charge in [-0.3, -0.25) is 0 Å². The zero-order chi connectivity index (χ0) is 34.2. The summed E-state index contributed by atoms with van der Waals surface area (Å²) in [7, 11) is 0. The quantitative estimate of drug-likeness (QED) is 0.0440. The minimum absolute atomic E-state index is 0. The third-order valence-corrected chi connectivity index (χ3v) is 11.4. The van der Waals surface area contributed by atoms with Crippen LogP contribution in [0.4, 0.5) is 0 Å². The summed E-state index contributed by atoms with van der Waals surface area (Å²) in [5.41, 5.74) is 0. The number of quaternary nitrogens is 1. The van der Waals surface area contributed by atoms with Crippen molar-refractivity contribution in [2.24, 2.45) is 0 Å². The fourth-order valence-corrected chi connectivity index (χ4v) is 8.00. The molecule has 48 heavy (non-hydrogen) atoms. The lowest BCUT2D eigenvalue weighted by Crippen LogP contribution is -3.00. The van der Waals surface area contributed by atoms with Gasteiger partial charge < -0.3 is 16.9 Å². The molecule has 0 saturated carbocycles. The number of rotatable bonds is 42. The highest BCUT2D eigenvalue weighted by atomic mass is 35.5. The van der Waals surface area contributed by atoms with Crippen LogP contribution in [0.5, 0.6) is 0 Å². The van der Waals surface area contributed by atoms with Crippen molar-refractivity contribution < 1.29 is 16.9 Å². The molecule has 0 atom stereocenters. The number of nitrogens with zero attached hydrogens (tertiary/aromatic N) is 1. The topological polar surface area (TPSA) is 0 Å². The van der Waals surface area contributed by atoms with E-state index in [-0.39, 0.29) is 12.4 Å². The molecule has 0 radical (unpaired) electrons. The Balaban J connectivity index is 0.